The van der Waals surface area contributed by atoms with Gasteiger partial charge < -0.3 is 0 Å². The minimum Gasteiger partial charge on any atom is -0.293 e. The Labute approximate surface area is 192 Å². The summed E-state index contributed by atoms with van der Waals surface area (Å²) in [6.45, 7) is 9.02. The monoisotopic (exact) mass is 422 g/mol. The number of fused-ring (bicyclic) bond motifs is 1. The highest BCUT2D eigenvalue weighted by Gasteiger charge is 2.48. The maximum atomic E-state index is 14.1. The first-order valence-corrected chi connectivity index (χ1v) is 13.4. The molecule has 0 aromatic heterocycles. The molecule has 0 fully saturated rings. The number of carbonyl (C=O) groups excluding carboxylic acids is 1. The van der Waals surface area contributed by atoms with Crippen LogP contribution in [0.2, 0.25) is 0 Å². The highest BCUT2D eigenvalue weighted by atomic mass is 16.1. The van der Waals surface area contributed by atoms with E-state index in [1.807, 2.05) is 0 Å². The Bertz CT molecular complexity index is 754. The molecule has 1 nitrogen and oxygen atoms in total. The number of hydrogen-bond donors (Lipinski definition) is 0. The van der Waals surface area contributed by atoms with Gasteiger partial charge >= 0.3 is 0 Å². The third-order valence-corrected chi connectivity index (χ3v) is 7.82. The first kappa shape index (κ1) is 24.3. The molecule has 3 aliphatic carbocycles. The molecule has 3 rings (SSSR count). The van der Waals surface area contributed by atoms with Crippen LogP contribution in [0.5, 0.6) is 0 Å². The molecule has 0 spiro atoms. The molecular weight excluding hydrogens is 376 g/mol. The lowest BCUT2D eigenvalue weighted by Crippen LogP contribution is -2.37. The Morgan fingerprint density at radius 1 is 0.677 bits per heavy atom. The van der Waals surface area contributed by atoms with Crippen LogP contribution in [0.3, 0.4) is 0 Å². The van der Waals surface area contributed by atoms with Crippen LogP contribution in [0, 0.1) is 5.41 Å². The van der Waals surface area contributed by atoms with Crippen molar-refractivity contribution in [2.45, 2.75) is 130 Å². The number of ketones is 1. The largest absolute Gasteiger partial charge is 0.293 e. The number of carbonyl (C=O) groups is 1. The Kier molecular flexibility index (Phi) is 8.99. The minimum absolute atomic E-state index is 0.247. The molecule has 3 aliphatic rings. The second kappa shape index (κ2) is 11.5. The second-order valence-electron chi connectivity index (χ2n) is 10.6. The number of Topliss-reactive ketones (excluding diaryl/α,β-unsaturated/α-hetero) is 1. The summed E-state index contributed by atoms with van der Waals surface area (Å²) in [7, 11) is 0. The van der Waals surface area contributed by atoms with Crippen LogP contribution in [0.15, 0.2) is 45.6 Å². The van der Waals surface area contributed by atoms with Crippen molar-refractivity contribution in [3.05, 3.63) is 45.6 Å². The number of unbranched alkanes of at least 4 members (excludes halogenated alkanes) is 10. The number of allylic oxidation sites excluding steroid dienone is 8. The summed E-state index contributed by atoms with van der Waals surface area (Å²) in [6, 6.07) is 0. The maximum Gasteiger partial charge on any atom is 0.173 e. The molecule has 0 saturated heterocycles. The van der Waals surface area contributed by atoms with E-state index in [9.17, 15) is 4.79 Å². The van der Waals surface area contributed by atoms with Crippen LogP contribution in [-0.4, -0.2) is 5.78 Å². The van der Waals surface area contributed by atoms with Crippen molar-refractivity contribution in [3.63, 3.8) is 0 Å². The molecule has 0 aliphatic heterocycles. The Morgan fingerprint density at radius 2 is 1.16 bits per heavy atom. The molecule has 0 unspecified atom stereocenters. The molecule has 1 heteroatoms. The third-order valence-electron chi connectivity index (χ3n) is 7.82. The van der Waals surface area contributed by atoms with Gasteiger partial charge in [-0.25, -0.2) is 0 Å². The topological polar surface area (TPSA) is 17.1 Å². The quantitative estimate of drug-likeness (QED) is 0.255. The number of rotatable bonds is 14. The van der Waals surface area contributed by atoms with Gasteiger partial charge in [-0.05, 0) is 56.3 Å². The SMILES string of the molecule is CCCCCCCCC1(CCCCCCCC)C(=O)C2=C(CC(C)=C2)C2=C1C=C(C)C2. The fraction of sp³-hybridized carbons (Fsp3) is 0.700. The zero-order valence-electron chi connectivity index (χ0n) is 20.9. The van der Waals surface area contributed by atoms with Gasteiger partial charge in [0.15, 0.2) is 5.78 Å². The number of hydrogen-bond acceptors (Lipinski definition) is 1. The van der Waals surface area contributed by atoms with Gasteiger partial charge in [-0.1, -0.05) is 114 Å². The zero-order valence-corrected chi connectivity index (χ0v) is 20.9. The molecule has 0 N–H and O–H groups in total. The molecular formula is C30H46O. The summed E-state index contributed by atoms with van der Waals surface area (Å²) in [5, 5.41) is 0. The van der Waals surface area contributed by atoms with Crippen molar-refractivity contribution < 1.29 is 4.79 Å². The van der Waals surface area contributed by atoms with Crippen molar-refractivity contribution >= 4 is 5.78 Å². The van der Waals surface area contributed by atoms with Gasteiger partial charge in [0.2, 0.25) is 0 Å². The van der Waals surface area contributed by atoms with Gasteiger partial charge in [0.05, 0.1) is 5.41 Å². The smallest absolute Gasteiger partial charge is 0.173 e. The van der Waals surface area contributed by atoms with E-state index in [-0.39, 0.29) is 5.41 Å². The first-order valence-electron chi connectivity index (χ1n) is 13.4. The van der Waals surface area contributed by atoms with E-state index in [1.54, 1.807) is 0 Å². The van der Waals surface area contributed by atoms with E-state index in [4.69, 9.17) is 0 Å². The van der Waals surface area contributed by atoms with Gasteiger partial charge in [0.1, 0.15) is 0 Å². The molecule has 0 radical (unpaired) electrons. The zero-order chi connectivity index (χ0) is 22.3. The van der Waals surface area contributed by atoms with Crippen LogP contribution in [-0.2, 0) is 4.79 Å². The fourth-order valence-corrected chi connectivity index (χ4v) is 6.10. The van der Waals surface area contributed by atoms with E-state index < -0.39 is 0 Å². The van der Waals surface area contributed by atoms with Gasteiger partial charge in [-0.15, -0.1) is 0 Å². The molecule has 0 aromatic carbocycles. The Balaban J connectivity index is 1.78. The van der Waals surface area contributed by atoms with Gasteiger partial charge in [-0.2, -0.15) is 0 Å². The molecule has 31 heavy (non-hydrogen) atoms. The highest BCUT2D eigenvalue weighted by Crippen LogP contribution is 2.55. The van der Waals surface area contributed by atoms with Crippen LogP contribution >= 0.6 is 0 Å². The van der Waals surface area contributed by atoms with Crippen molar-refractivity contribution in [1.29, 1.82) is 0 Å². The summed E-state index contributed by atoms with van der Waals surface area (Å²) in [5.41, 5.74) is 7.97. The van der Waals surface area contributed by atoms with Crippen LogP contribution in [0.4, 0.5) is 0 Å². The van der Waals surface area contributed by atoms with Crippen molar-refractivity contribution in [2.75, 3.05) is 0 Å². The lowest BCUT2D eigenvalue weighted by molar-refractivity contribution is -0.123. The summed E-state index contributed by atoms with van der Waals surface area (Å²) >= 11 is 0. The maximum absolute atomic E-state index is 14.1. The van der Waals surface area contributed by atoms with Crippen molar-refractivity contribution in [1.82, 2.24) is 0 Å². The van der Waals surface area contributed by atoms with Crippen molar-refractivity contribution in [3.8, 4) is 0 Å². The Morgan fingerprint density at radius 3 is 1.74 bits per heavy atom. The molecule has 0 amide bonds. The van der Waals surface area contributed by atoms with Crippen LogP contribution in [0.25, 0.3) is 0 Å². The lowest BCUT2D eigenvalue weighted by Gasteiger charge is -2.38. The van der Waals surface area contributed by atoms with E-state index in [0.717, 1.165) is 31.3 Å². The normalized spacial score (nSPS) is 19.7. The van der Waals surface area contributed by atoms with Crippen molar-refractivity contribution in [2.24, 2.45) is 5.41 Å². The minimum atomic E-state index is -0.247. The summed E-state index contributed by atoms with van der Waals surface area (Å²) in [4.78, 5) is 14.1. The van der Waals surface area contributed by atoms with Gasteiger partial charge in [0, 0.05) is 5.57 Å². The lowest BCUT2D eigenvalue weighted by atomic mass is 9.63. The molecule has 0 heterocycles. The molecule has 0 saturated carbocycles. The van der Waals surface area contributed by atoms with E-state index in [0.29, 0.717) is 5.78 Å². The Hall–Kier alpha value is -1.37. The first-order chi connectivity index (χ1) is 15.0. The van der Waals surface area contributed by atoms with Gasteiger partial charge in [-0.3, -0.25) is 4.79 Å². The molecule has 0 bridgehead atoms. The summed E-state index contributed by atoms with van der Waals surface area (Å²) < 4.78 is 0. The van der Waals surface area contributed by atoms with Crippen LogP contribution in [0.1, 0.15) is 130 Å². The fourth-order valence-electron chi connectivity index (χ4n) is 6.10. The molecule has 0 aromatic rings. The van der Waals surface area contributed by atoms with E-state index in [1.165, 1.54) is 105 Å². The summed E-state index contributed by atoms with van der Waals surface area (Å²) in [6.07, 6.45) is 24.4. The predicted molar refractivity (Wildman–Crippen MR) is 134 cm³/mol. The molecule has 0 atom stereocenters. The van der Waals surface area contributed by atoms with E-state index >= 15 is 0 Å². The highest BCUT2D eigenvalue weighted by molar-refractivity contribution is 6.09. The third kappa shape index (κ3) is 5.52. The van der Waals surface area contributed by atoms with Gasteiger partial charge in [0.25, 0.3) is 0 Å². The average molecular weight is 423 g/mol. The predicted octanol–water partition coefficient (Wildman–Crippen LogP) is 9.35. The standard InChI is InChI=1S/C30H46O/c1-5-7-9-11-13-15-17-30(18-16-14-12-10-8-6-2)28-22-24(4)20-26(28)25-19-23(3)21-27(25)29(30)31/h21-22H,5-20H2,1-4H3. The van der Waals surface area contributed by atoms with Crippen LogP contribution < -0.4 is 0 Å². The average Bonchev–Trinajstić information content (AvgIpc) is 3.33. The molecule has 172 valence electrons. The summed E-state index contributed by atoms with van der Waals surface area (Å²) in [5.74, 6) is 0.464. The second-order valence-corrected chi connectivity index (χ2v) is 10.6. The van der Waals surface area contributed by atoms with E-state index in [2.05, 4.69) is 39.8 Å².